The summed E-state index contributed by atoms with van der Waals surface area (Å²) in [5.41, 5.74) is 3.53. The molecule has 0 amide bonds. The summed E-state index contributed by atoms with van der Waals surface area (Å²) in [6.07, 6.45) is 0. The molecular formula is C16H16N4S. The standard InChI is InChI=1S/C16H16N4S/c1-12-7-5-6-10-14(12)11-21-16-19-18-15(20(16)17)13-8-3-2-4-9-13/h2-10H,11,17H2,1H3. The Balaban J connectivity index is 1.79. The van der Waals surface area contributed by atoms with Crippen LogP contribution < -0.4 is 5.84 Å². The highest BCUT2D eigenvalue weighted by Crippen LogP contribution is 2.25. The van der Waals surface area contributed by atoms with Crippen molar-refractivity contribution < 1.29 is 0 Å². The van der Waals surface area contributed by atoms with Gasteiger partial charge >= 0.3 is 0 Å². The Morgan fingerprint density at radius 1 is 1.00 bits per heavy atom. The van der Waals surface area contributed by atoms with Crippen LogP contribution in [0.5, 0.6) is 0 Å². The highest BCUT2D eigenvalue weighted by Gasteiger charge is 2.12. The van der Waals surface area contributed by atoms with E-state index in [4.69, 9.17) is 5.84 Å². The molecule has 2 aromatic carbocycles. The summed E-state index contributed by atoms with van der Waals surface area (Å²) in [7, 11) is 0. The van der Waals surface area contributed by atoms with E-state index in [1.165, 1.54) is 11.1 Å². The SMILES string of the molecule is Cc1ccccc1CSc1nnc(-c2ccccc2)n1N. The molecule has 3 rings (SSSR count). The molecule has 5 heteroatoms. The van der Waals surface area contributed by atoms with Gasteiger partial charge in [0.25, 0.3) is 0 Å². The number of nitrogen functional groups attached to an aromatic ring is 1. The maximum atomic E-state index is 6.11. The van der Waals surface area contributed by atoms with E-state index >= 15 is 0 Å². The topological polar surface area (TPSA) is 56.7 Å². The van der Waals surface area contributed by atoms with E-state index in [9.17, 15) is 0 Å². The fourth-order valence-corrected chi connectivity index (χ4v) is 3.01. The largest absolute Gasteiger partial charge is 0.335 e. The minimum absolute atomic E-state index is 0.683. The first-order valence-electron chi connectivity index (χ1n) is 6.69. The van der Waals surface area contributed by atoms with Crippen molar-refractivity contribution in [3.63, 3.8) is 0 Å². The molecule has 106 valence electrons. The van der Waals surface area contributed by atoms with Gasteiger partial charge in [-0.2, -0.15) is 0 Å². The number of aromatic nitrogens is 3. The quantitative estimate of drug-likeness (QED) is 0.593. The molecule has 0 aliphatic rings. The Morgan fingerprint density at radius 3 is 2.48 bits per heavy atom. The van der Waals surface area contributed by atoms with Gasteiger partial charge in [-0.3, -0.25) is 0 Å². The van der Waals surface area contributed by atoms with Crippen molar-refractivity contribution in [3.8, 4) is 11.4 Å². The summed E-state index contributed by atoms with van der Waals surface area (Å²) >= 11 is 1.59. The number of hydrogen-bond donors (Lipinski definition) is 1. The summed E-state index contributed by atoms with van der Waals surface area (Å²) in [4.78, 5) is 0. The zero-order valence-corrected chi connectivity index (χ0v) is 12.5. The summed E-state index contributed by atoms with van der Waals surface area (Å²) in [6.45, 7) is 2.11. The van der Waals surface area contributed by atoms with Crippen LogP contribution in [0, 0.1) is 6.92 Å². The fraction of sp³-hybridized carbons (Fsp3) is 0.125. The first-order valence-corrected chi connectivity index (χ1v) is 7.67. The van der Waals surface area contributed by atoms with Crippen molar-refractivity contribution in [2.75, 3.05) is 5.84 Å². The van der Waals surface area contributed by atoms with Crippen LogP contribution in [0.2, 0.25) is 0 Å². The van der Waals surface area contributed by atoms with Crippen molar-refractivity contribution in [1.82, 2.24) is 14.9 Å². The molecule has 0 bridgehead atoms. The lowest BCUT2D eigenvalue weighted by molar-refractivity contribution is 0.849. The van der Waals surface area contributed by atoms with Gasteiger partial charge in [0.15, 0.2) is 5.82 Å². The van der Waals surface area contributed by atoms with Gasteiger partial charge in [0.1, 0.15) is 0 Å². The molecule has 0 aliphatic heterocycles. The zero-order valence-electron chi connectivity index (χ0n) is 11.7. The van der Waals surface area contributed by atoms with Crippen LogP contribution in [0.1, 0.15) is 11.1 Å². The van der Waals surface area contributed by atoms with Gasteiger partial charge in [0, 0.05) is 11.3 Å². The third kappa shape index (κ3) is 2.92. The van der Waals surface area contributed by atoms with Gasteiger partial charge < -0.3 is 5.84 Å². The molecule has 1 heterocycles. The Labute approximate surface area is 128 Å². The lowest BCUT2D eigenvalue weighted by Gasteiger charge is -2.05. The molecule has 0 saturated carbocycles. The van der Waals surface area contributed by atoms with E-state index in [-0.39, 0.29) is 0 Å². The molecule has 21 heavy (non-hydrogen) atoms. The lowest BCUT2D eigenvalue weighted by Crippen LogP contribution is -2.11. The average Bonchev–Trinajstić information content (AvgIpc) is 2.88. The summed E-state index contributed by atoms with van der Waals surface area (Å²) < 4.78 is 1.55. The second kappa shape index (κ2) is 6.01. The minimum atomic E-state index is 0.683. The first kappa shape index (κ1) is 13.7. The van der Waals surface area contributed by atoms with Crippen LogP contribution in [0.3, 0.4) is 0 Å². The zero-order chi connectivity index (χ0) is 14.7. The monoisotopic (exact) mass is 296 g/mol. The maximum absolute atomic E-state index is 6.11. The van der Waals surface area contributed by atoms with Crippen LogP contribution in [0.25, 0.3) is 11.4 Å². The number of nitrogens with zero attached hydrogens (tertiary/aromatic N) is 3. The Kier molecular flexibility index (Phi) is 3.92. The highest BCUT2D eigenvalue weighted by molar-refractivity contribution is 7.98. The number of benzene rings is 2. The van der Waals surface area contributed by atoms with Gasteiger partial charge in [-0.1, -0.05) is 66.4 Å². The third-order valence-electron chi connectivity index (χ3n) is 3.31. The van der Waals surface area contributed by atoms with Gasteiger partial charge in [-0.05, 0) is 18.1 Å². The summed E-state index contributed by atoms with van der Waals surface area (Å²) in [5.74, 6) is 7.62. The molecule has 2 N–H and O–H groups in total. The predicted octanol–water partition coefficient (Wildman–Crippen LogP) is 3.26. The molecule has 0 radical (unpaired) electrons. The minimum Gasteiger partial charge on any atom is -0.335 e. The van der Waals surface area contributed by atoms with E-state index in [1.54, 1.807) is 16.4 Å². The summed E-state index contributed by atoms with van der Waals surface area (Å²) in [5, 5.41) is 9.10. The van der Waals surface area contributed by atoms with Crippen LogP contribution in [-0.4, -0.2) is 14.9 Å². The smallest absolute Gasteiger partial charge is 0.210 e. The van der Waals surface area contributed by atoms with E-state index in [2.05, 4.69) is 29.3 Å². The predicted molar refractivity (Wildman–Crippen MR) is 86.3 cm³/mol. The molecule has 0 saturated heterocycles. The Morgan fingerprint density at radius 2 is 1.71 bits per heavy atom. The molecule has 3 aromatic rings. The van der Waals surface area contributed by atoms with Gasteiger partial charge in [0.2, 0.25) is 5.16 Å². The van der Waals surface area contributed by atoms with Crippen molar-refractivity contribution in [3.05, 3.63) is 65.7 Å². The molecule has 0 aliphatic carbocycles. The molecular weight excluding hydrogens is 280 g/mol. The number of thioether (sulfide) groups is 1. The first-order chi connectivity index (χ1) is 10.3. The average molecular weight is 296 g/mol. The molecule has 1 aromatic heterocycles. The molecule has 0 fully saturated rings. The van der Waals surface area contributed by atoms with Crippen LogP contribution >= 0.6 is 11.8 Å². The van der Waals surface area contributed by atoms with E-state index < -0.39 is 0 Å². The van der Waals surface area contributed by atoms with Crippen molar-refractivity contribution in [2.45, 2.75) is 17.8 Å². The van der Waals surface area contributed by atoms with Crippen LogP contribution in [0.4, 0.5) is 0 Å². The molecule has 4 nitrogen and oxygen atoms in total. The molecule has 0 atom stereocenters. The normalized spacial score (nSPS) is 10.7. The number of rotatable bonds is 4. The maximum Gasteiger partial charge on any atom is 0.210 e. The molecule has 0 unspecified atom stereocenters. The Hall–Kier alpha value is -2.27. The second-order valence-corrected chi connectivity index (χ2v) is 5.70. The highest BCUT2D eigenvalue weighted by atomic mass is 32.2. The number of nitrogens with two attached hydrogens (primary N) is 1. The Bertz CT molecular complexity index is 737. The van der Waals surface area contributed by atoms with Gasteiger partial charge in [0.05, 0.1) is 0 Å². The molecule has 0 spiro atoms. The van der Waals surface area contributed by atoms with Gasteiger partial charge in [-0.15, -0.1) is 10.2 Å². The van der Waals surface area contributed by atoms with E-state index in [0.717, 1.165) is 16.5 Å². The van der Waals surface area contributed by atoms with E-state index in [0.29, 0.717) is 5.82 Å². The fourth-order valence-electron chi connectivity index (χ4n) is 2.07. The van der Waals surface area contributed by atoms with Crippen molar-refractivity contribution in [2.24, 2.45) is 0 Å². The lowest BCUT2D eigenvalue weighted by atomic mass is 10.1. The summed E-state index contributed by atoms with van der Waals surface area (Å²) in [6, 6.07) is 18.2. The van der Waals surface area contributed by atoms with Gasteiger partial charge in [-0.25, -0.2) is 4.68 Å². The van der Waals surface area contributed by atoms with E-state index in [1.807, 2.05) is 42.5 Å². The van der Waals surface area contributed by atoms with Crippen molar-refractivity contribution >= 4 is 11.8 Å². The number of aryl methyl sites for hydroxylation is 1. The van der Waals surface area contributed by atoms with Crippen molar-refractivity contribution in [1.29, 1.82) is 0 Å². The van der Waals surface area contributed by atoms with Crippen LogP contribution in [0.15, 0.2) is 59.8 Å². The number of hydrogen-bond acceptors (Lipinski definition) is 4. The third-order valence-corrected chi connectivity index (χ3v) is 4.31. The second-order valence-electron chi connectivity index (χ2n) is 4.76. The van der Waals surface area contributed by atoms with Crippen LogP contribution in [-0.2, 0) is 5.75 Å².